The summed E-state index contributed by atoms with van der Waals surface area (Å²) in [7, 11) is 0. The standard InChI is InChI=1S/C13H7Cl2N3O2S2/c14-7-1-2-9(8(15)5-7)16-13-17-10(6-21-13)11-3-4-12(22-11)18(19)20/h1-6H,(H,16,17). The Balaban J connectivity index is 1.82. The summed E-state index contributed by atoms with van der Waals surface area (Å²) < 4.78 is 0. The van der Waals surface area contributed by atoms with Gasteiger partial charge in [0.05, 0.1) is 26.2 Å². The van der Waals surface area contributed by atoms with E-state index < -0.39 is 4.92 Å². The van der Waals surface area contributed by atoms with E-state index in [-0.39, 0.29) is 5.00 Å². The summed E-state index contributed by atoms with van der Waals surface area (Å²) in [5.74, 6) is 0. The number of halogens is 2. The van der Waals surface area contributed by atoms with E-state index >= 15 is 0 Å². The van der Waals surface area contributed by atoms with E-state index in [0.717, 1.165) is 16.2 Å². The monoisotopic (exact) mass is 371 g/mol. The molecule has 2 heterocycles. The fraction of sp³-hybridized carbons (Fsp3) is 0. The van der Waals surface area contributed by atoms with Crippen molar-refractivity contribution in [2.75, 3.05) is 5.32 Å². The number of rotatable bonds is 4. The quantitative estimate of drug-likeness (QED) is 0.462. The fourth-order valence-corrected chi connectivity index (χ4v) is 3.75. The van der Waals surface area contributed by atoms with Crippen molar-refractivity contribution in [3.05, 3.63) is 55.9 Å². The van der Waals surface area contributed by atoms with Crippen LogP contribution in [0.25, 0.3) is 10.6 Å². The third-order valence-corrected chi connectivity index (χ3v) is 5.07. The lowest BCUT2D eigenvalue weighted by Crippen LogP contribution is -1.90. The van der Waals surface area contributed by atoms with E-state index in [4.69, 9.17) is 23.2 Å². The van der Waals surface area contributed by atoms with Gasteiger partial charge in [-0.3, -0.25) is 10.1 Å². The highest BCUT2D eigenvalue weighted by Gasteiger charge is 2.13. The predicted molar refractivity (Wildman–Crippen MR) is 91.8 cm³/mol. The average Bonchev–Trinajstić information content (AvgIpc) is 3.10. The topological polar surface area (TPSA) is 68.1 Å². The van der Waals surface area contributed by atoms with Gasteiger partial charge >= 0.3 is 5.00 Å². The van der Waals surface area contributed by atoms with Gasteiger partial charge in [-0.15, -0.1) is 11.3 Å². The van der Waals surface area contributed by atoms with Gasteiger partial charge in [0, 0.05) is 16.5 Å². The number of nitro groups is 1. The van der Waals surface area contributed by atoms with E-state index in [1.165, 1.54) is 17.4 Å². The van der Waals surface area contributed by atoms with Crippen LogP contribution in [0.3, 0.4) is 0 Å². The molecule has 1 aromatic carbocycles. The number of hydrogen-bond donors (Lipinski definition) is 1. The van der Waals surface area contributed by atoms with Crippen LogP contribution in [0.4, 0.5) is 15.8 Å². The molecule has 3 aromatic rings. The van der Waals surface area contributed by atoms with Gasteiger partial charge in [-0.2, -0.15) is 0 Å². The minimum atomic E-state index is -0.410. The van der Waals surface area contributed by atoms with Crippen molar-refractivity contribution in [2.45, 2.75) is 0 Å². The van der Waals surface area contributed by atoms with E-state index in [0.29, 0.717) is 26.6 Å². The number of thiophene rings is 1. The Kier molecular flexibility index (Phi) is 4.30. The van der Waals surface area contributed by atoms with Crippen LogP contribution in [0.15, 0.2) is 35.7 Å². The Morgan fingerprint density at radius 1 is 1.23 bits per heavy atom. The van der Waals surface area contributed by atoms with Gasteiger partial charge in [-0.1, -0.05) is 34.5 Å². The molecule has 0 aliphatic rings. The first-order chi connectivity index (χ1) is 10.5. The summed E-state index contributed by atoms with van der Waals surface area (Å²) in [6.07, 6.45) is 0. The largest absolute Gasteiger partial charge is 0.330 e. The molecule has 0 amide bonds. The zero-order valence-corrected chi connectivity index (χ0v) is 13.9. The van der Waals surface area contributed by atoms with Crippen molar-refractivity contribution in [3.63, 3.8) is 0 Å². The molecule has 0 atom stereocenters. The predicted octanol–water partition coefficient (Wildman–Crippen LogP) is 5.83. The van der Waals surface area contributed by atoms with Crippen LogP contribution in [0, 0.1) is 10.1 Å². The molecule has 0 aliphatic carbocycles. The van der Waals surface area contributed by atoms with E-state index in [1.807, 2.05) is 5.38 Å². The molecular formula is C13H7Cl2N3O2S2. The zero-order valence-electron chi connectivity index (χ0n) is 10.7. The molecule has 9 heteroatoms. The number of nitrogens with one attached hydrogen (secondary N) is 1. The van der Waals surface area contributed by atoms with Gasteiger partial charge in [0.1, 0.15) is 0 Å². The zero-order chi connectivity index (χ0) is 15.7. The molecule has 5 nitrogen and oxygen atoms in total. The Morgan fingerprint density at radius 3 is 2.73 bits per heavy atom. The summed E-state index contributed by atoms with van der Waals surface area (Å²) in [6, 6.07) is 8.30. The lowest BCUT2D eigenvalue weighted by molar-refractivity contribution is -0.380. The third kappa shape index (κ3) is 3.22. The molecule has 0 saturated heterocycles. The van der Waals surface area contributed by atoms with Crippen molar-refractivity contribution in [3.8, 4) is 10.6 Å². The molecule has 0 saturated carbocycles. The van der Waals surface area contributed by atoms with Gasteiger partial charge in [-0.25, -0.2) is 4.98 Å². The molecule has 112 valence electrons. The maximum Gasteiger partial charge on any atom is 0.324 e. The van der Waals surface area contributed by atoms with Crippen molar-refractivity contribution < 1.29 is 4.92 Å². The van der Waals surface area contributed by atoms with Gasteiger partial charge in [0.2, 0.25) is 0 Å². The highest BCUT2D eigenvalue weighted by atomic mass is 35.5. The maximum atomic E-state index is 10.7. The van der Waals surface area contributed by atoms with Gasteiger partial charge in [0.15, 0.2) is 5.13 Å². The number of hydrogen-bond acceptors (Lipinski definition) is 6. The van der Waals surface area contributed by atoms with Crippen molar-refractivity contribution in [1.82, 2.24) is 4.98 Å². The summed E-state index contributed by atoms with van der Waals surface area (Å²) in [5.41, 5.74) is 1.39. The Hall–Kier alpha value is -1.67. The van der Waals surface area contributed by atoms with Crippen LogP contribution >= 0.6 is 45.9 Å². The second-order valence-corrected chi connectivity index (χ2v) is 6.95. The minimum Gasteiger partial charge on any atom is -0.330 e. The van der Waals surface area contributed by atoms with Gasteiger partial charge in [-0.05, 0) is 24.3 Å². The van der Waals surface area contributed by atoms with Crippen molar-refractivity contribution in [2.24, 2.45) is 0 Å². The van der Waals surface area contributed by atoms with Gasteiger partial charge < -0.3 is 5.32 Å². The fourth-order valence-electron chi connectivity index (χ4n) is 1.71. The maximum absolute atomic E-state index is 10.7. The smallest absolute Gasteiger partial charge is 0.324 e. The number of benzene rings is 1. The summed E-state index contributed by atoms with van der Waals surface area (Å²) in [6.45, 7) is 0. The molecule has 0 aliphatic heterocycles. The first-order valence-corrected chi connectivity index (χ1v) is 8.40. The Labute approximate surface area is 143 Å². The van der Waals surface area contributed by atoms with Crippen LogP contribution in [-0.2, 0) is 0 Å². The second-order valence-electron chi connectivity index (χ2n) is 4.18. The minimum absolute atomic E-state index is 0.0956. The van der Waals surface area contributed by atoms with Crippen LogP contribution in [0.1, 0.15) is 0 Å². The summed E-state index contributed by atoms with van der Waals surface area (Å²) in [5, 5.41) is 17.5. The van der Waals surface area contributed by atoms with E-state index in [1.54, 1.807) is 24.3 Å². The molecule has 0 spiro atoms. The van der Waals surface area contributed by atoms with Crippen molar-refractivity contribution >= 4 is 61.7 Å². The molecule has 0 unspecified atom stereocenters. The first kappa shape index (κ1) is 15.2. The van der Waals surface area contributed by atoms with E-state index in [2.05, 4.69) is 10.3 Å². The lowest BCUT2D eigenvalue weighted by atomic mass is 10.3. The Morgan fingerprint density at radius 2 is 2.05 bits per heavy atom. The van der Waals surface area contributed by atoms with Gasteiger partial charge in [0.25, 0.3) is 0 Å². The van der Waals surface area contributed by atoms with Crippen LogP contribution < -0.4 is 5.32 Å². The van der Waals surface area contributed by atoms with Crippen LogP contribution in [0.5, 0.6) is 0 Å². The SMILES string of the molecule is O=[N+]([O-])c1ccc(-c2csc(Nc3ccc(Cl)cc3Cl)n2)s1. The highest BCUT2D eigenvalue weighted by Crippen LogP contribution is 2.35. The lowest BCUT2D eigenvalue weighted by Gasteiger charge is -2.04. The average molecular weight is 372 g/mol. The number of aromatic nitrogens is 1. The molecule has 22 heavy (non-hydrogen) atoms. The van der Waals surface area contributed by atoms with Crippen LogP contribution in [-0.4, -0.2) is 9.91 Å². The number of nitrogens with zero attached hydrogens (tertiary/aromatic N) is 2. The third-order valence-electron chi connectivity index (χ3n) is 2.70. The second kappa shape index (κ2) is 6.21. The summed E-state index contributed by atoms with van der Waals surface area (Å²) >= 11 is 14.4. The highest BCUT2D eigenvalue weighted by molar-refractivity contribution is 7.19. The molecule has 0 radical (unpaired) electrons. The molecule has 0 fully saturated rings. The molecule has 2 aromatic heterocycles. The first-order valence-electron chi connectivity index (χ1n) is 5.95. The number of anilines is 2. The normalized spacial score (nSPS) is 10.6. The Bertz CT molecular complexity index is 847. The molecule has 3 rings (SSSR count). The van der Waals surface area contributed by atoms with Crippen molar-refractivity contribution in [1.29, 1.82) is 0 Å². The molecule has 1 N–H and O–H groups in total. The number of thiazole rings is 1. The van der Waals surface area contributed by atoms with Crippen LogP contribution in [0.2, 0.25) is 10.0 Å². The van der Waals surface area contributed by atoms with E-state index in [9.17, 15) is 10.1 Å². The summed E-state index contributed by atoms with van der Waals surface area (Å²) in [4.78, 5) is 15.5. The molecular weight excluding hydrogens is 365 g/mol. The molecule has 0 bridgehead atoms.